The van der Waals surface area contributed by atoms with E-state index in [2.05, 4.69) is 14.3 Å². The number of pyridine rings is 1. The minimum absolute atomic E-state index is 0.745. The fourth-order valence-electron chi connectivity index (χ4n) is 2.65. The average Bonchev–Trinajstić information content (AvgIpc) is 2.59. The zero-order valence-corrected chi connectivity index (χ0v) is 11.2. The van der Waals surface area contributed by atoms with Crippen LogP contribution >= 0.6 is 11.6 Å². The van der Waals surface area contributed by atoms with Gasteiger partial charge in [0, 0.05) is 17.8 Å². The van der Waals surface area contributed by atoms with Crippen molar-refractivity contribution in [3.05, 3.63) is 35.2 Å². The second kappa shape index (κ2) is 5.29. The van der Waals surface area contributed by atoms with Gasteiger partial charge in [-0.05, 0) is 38.1 Å². The number of hydrogen-bond donors (Lipinski definition) is 0. The van der Waals surface area contributed by atoms with Crippen LogP contribution in [0.15, 0.2) is 24.5 Å². The number of fused-ring (bicyclic) bond motifs is 1. The molecule has 0 radical (unpaired) electrons. The summed E-state index contributed by atoms with van der Waals surface area (Å²) >= 11 is 5.98. The van der Waals surface area contributed by atoms with E-state index < -0.39 is 0 Å². The van der Waals surface area contributed by atoms with Crippen molar-refractivity contribution in [2.24, 2.45) is 0 Å². The summed E-state index contributed by atoms with van der Waals surface area (Å²) in [6.07, 6.45) is 9.37. The SMILES string of the molecule is Clc1ccn2c(CN3CCCCCC3)cnc2c1. The molecule has 3 rings (SSSR count). The number of rotatable bonds is 2. The fraction of sp³-hybridized carbons (Fsp3) is 0.500. The maximum Gasteiger partial charge on any atom is 0.138 e. The molecule has 3 heterocycles. The van der Waals surface area contributed by atoms with Gasteiger partial charge in [-0.2, -0.15) is 0 Å². The van der Waals surface area contributed by atoms with Crippen LogP contribution < -0.4 is 0 Å². The molecule has 18 heavy (non-hydrogen) atoms. The molecule has 1 fully saturated rings. The van der Waals surface area contributed by atoms with Gasteiger partial charge in [0.05, 0.1) is 11.9 Å². The Morgan fingerprint density at radius 2 is 1.94 bits per heavy atom. The van der Waals surface area contributed by atoms with Crippen molar-refractivity contribution in [1.29, 1.82) is 0 Å². The van der Waals surface area contributed by atoms with E-state index in [1.165, 1.54) is 44.5 Å². The Morgan fingerprint density at radius 3 is 2.72 bits per heavy atom. The van der Waals surface area contributed by atoms with Gasteiger partial charge in [0.1, 0.15) is 5.65 Å². The maximum absolute atomic E-state index is 5.98. The Hall–Kier alpha value is -1.06. The van der Waals surface area contributed by atoms with Crippen LogP contribution in [0.25, 0.3) is 5.65 Å². The molecular weight excluding hydrogens is 246 g/mol. The molecule has 0 N–H and O–H groups in total. The molecule has 96 valence electrons. The Balaban J connectivity index is 1.81. The van der Waals surface area contributed by atoms with Gasteiger partial charge in [-0.15, -0.1) is 0 Å². The number of imidazole rings is 1. The van der Waals surface area contributed by atoms with Crippen molar-refractivity contribution in [3.63, 3.8) is 0 Å². The van der Waals surface area contributed by atoms with E-state index in [4.69, 9.17) is 11.6 Å². The predicted octanol–water partition coefficient (Wildman–Crippen LogP) is 3.36. The van der Waals surface area contributed by atoms with E-state index in [0.717, 1.165) is 17.2 Å². The molecule has 4 heteroatoms. The molecule has 0 aromatic carbocycles. The van der Waals surface area contributed by atoms with Crippen LogP contribution in [-0.4, -0.2) is 27.4 Å². The molecule has 3 nitrogen and oxygen atoms in total. The van der Waals surface area contributed by atoms with E-state index in [1.807, 2.05) is 24.5 Å². The molecule has 0 bridgehead atoms. The van der Waals surface area contributed by atoms with Crippen LogP contribution in [0.5, 0.6) is 0 Å². The van der Waals surface area contributed by atoms with E-state index in [0.29, 0.717) is 0 Å². The number of aromatic nitrogens is 2. The molecular formula is C14H18ClN3. The molecule has 2 aromatic heterocycles. The highest BCUT2D eigenvalue weighted by Gasteiger charge is 2.12. The van der Waals surface area contributed by atoms with Gasteiger partial charge in [-0.1, -0.05) is 24.4 Å². The summed E-state index contributed by atoms with van der Waals surface area (Å²) in [6.45, 7) is 3.41. The first-order valence-corrected chi connectivity index (χ1v) is 7.04. The molecule has 0 atom stereocenters. The van der Waals surface area contributed by atoms with E-state index in [-0.39, 0.29) is 0 Å². The topological polar surface area (TPSA) is 20.5 Å². The number of nitrogens with zero attached hydrogens (tertiary/aromatic N) is 3. The lowest BCUT2D eigenvalue weighted by Crippen LogP contribution is -2.24. The summed E-state index contributed by atoms with van der Waals surface area (Å²) in [6, 6.07) is 3.83. The summed E-state index contributed by atoms with van der Waals surface area (Å²) in [7, 11) is 0. The monoisotopic (exact) mass is 263 g/mol. The van der Waals surface area contributed by atoms with Crippen LogP contribution in [0.4, 0.5) is 0 Å². The van der Waals surface area contributed by atoms with Gasteiger partial charge in [0.25, 0.3) is 0 Å². The van der Waals surface area contributed by atoms with Crippen molar-refractivity contribution in [3.8, 4) is 0 Å². The van der Waals surface area contributed by atoms with Gasteiger partial charge in [0.2, 0.25) is 0 Å². The van der Waals surface area contributed by atoms with Crippen molar-refractivity contribution in [2.75, 3.05) is 13.1 Å². The molecule has 0 unspecified atom stereocenters. The van der Waals surface area contributed by atoms with Gasteiger partial charge < -0.3 is 4.40 Å². The summed E-state index contributed by atoms with van der Waals surface area (Å²) < 4.78 is 2.14. The summed E-state index contributed by atoms with van der Waals surface area (Å²) in [5.74, 6) is 0. The Morgan fingerprint density at radius 1 is 1.17 bits per heavy atom. The first-order valence-electron chi connectivity index (χ1n) is 6.67. The van der Waals surface area contributed by atoms with Crippen LogP contribution in [0, 0.1) is 0 Å². The first kappa shape index (κ1) is 12.0. The number of likely N-dealkylation sites (tertiary alicyclic amines) is 1. The lowest BCUT2D eigenvalue weighted by Gasteiger charge is -2.19. The Kier molecular flexibility index (Phi) is 3.52. The number of halogens is 1. The highest BCUT2D eigenvalue weighted by molar-refractivity contribution is 6.30. The van der Waals surface area contributed by atoms with E-state index in [1.54, 1.807) is 0 Å². The highest BCUT2D eigenvalue weighted by atomic mass is 35.5. The summed E-state index contributed by atoms with van der Waals surface area (Å²) in [5.41, 5.74) is 2.19. The van der Waals surface area contributed by atoms with Crippen molar-refractivity contribution in [2.45, 2.75) is 32.2 Å². The smallest absolute Gasteiger partial charge is 0.138 e. The standard InChI is InChI=1S/C14H18ClN3/c15-12-5-8-18-13(10-16-14(18)9-12)11-17-6-3-1-2-4-7-17/h5,8-10H,1-4,6-7,11H2. The third kappa shape index (κ3) is 2.52. The molecule has 1 saturated heterocycles. The fourth-order valence-corrected chi connectivity index (χ4v) is 2.80. The third-order valence-electron chi connectivity index (χ3n) is 3.64. The lowest BCUT2D eigenvalue weighted by molar-refractivity contribution is 0.273. The van der Waals surface area contributed by atoms with Crippen LogP contribution in [0.1, 0.15) is 31.4 Å². The molecule has 2 aromatic rings. The maximum atomic E-state index is 5.98. The average molecular weight is 264 g/mol. The van der Waals surface area contributed by atoms with Crippen LogP contribution in [-0.2, 0) is 6.54 Å². The second-order valence-corrected chi connectivity index (χ2v) is 5.45. The molecule has 1 aliphatic rings. The van der Waals surface area contributed by atoms with Gasteiger partial charge in [-0.3, -0.25) is 4.90 Å². The van der Waals surface area contributed by atoms with Gasteiger partial charge in [-0.25, -0.2) is 4.98 Å². The quantitative estimate of drug-likeness (QED) is 0.828. The lowest BCUT2D eigenvalue weighted by atomic mass is 10.2. The van der Waals surface area contributed by atoms with Crippen molar-refractivity contribution >= 4 is 17.2 Å². The van der Waals surface area contributed by atoms with Crippen molar-refractivity contribution < 1.29 is 0 Å². The summed E-state index contributed by atoms with van der Waals surface area (Å²) in [5, 5.41) is 0.745. The zero-order chi connectivity index (χ0) is 12.4. The van der Waals surface area contributed by atoms with Crippen LogP contribution in [0.2, 0.25) is 5.02 Å². The third-order valence-corrected chi connectivity index (χ3v) is 3.87. The Labute approximate surface area is 112 Å². The minimum atomic E-state index is 0.745. The van der Waals surface area contributed by atoms with Gasteiger partial charge in [0.15, 0.2) is 0 Å². The molecule has 0 amide bonds. The molecule has 0 aliphatic carbocycles. The van der Waals surface area contributed by atoms with Gasteiger partial charge >= 0.3 is 0 Å². The molecule has 0 spiro atoms. The normalized spacial score (nSPS) is 18.1. The van der Waals surface area contributed by atoms with E-state index in [9.17, 15) is 0 Å². The summed E-state index contributed by atoms with van der Waals surface area (Å²) in [4.78, 5) is 6.95. The van der Waals surface area contributed by atoms with Crippen molar-refractivity contribution in [1.82, 2.24) is 14.3 Å². The van der Waals surface area contributed by atoms with E-state index >= 15 is 0 Å². The highest BCUT2D eigenvalue weighted by Crippen LogP contribution is 2.16. The largest absolute Gasteiger partial charge is 0.303 e. The predicted molar refractivity (Wildman–Crippen MR) is 73.9 cm³/mol. The molecule has 0 saturated carbocycles. The number of hydrogen-bond acceptors (Lipinski definition) is 2. The first-order chi connectivity index (χ1) is 8.83. The molecule has 1 aliphatic heterocycles. The Bertz CT molecular complexity index is 527. The van der Waals surface area contributed by atoms with Crippen LogP contribution in [0.3, 0.4) is 0 Å². The zero-order valence-electron chi connectivity index (χ0n) is 10.5. The second-order valence-electron chi connectivity index (χ2n) is 5.01. The minimum Gasteiger partial charge on any atom is -0.303 e.